The van der Waals surface area contributed by atoms with Crippen LogP contribution in [0.1, 0.15) is 43.1 Å². The lowest BCUT2D eigenvalue weighted by molar-refractivity contribution is -0.137. The van der Waals surface area contributed by atoms with Gasteiger partial charge in [0.1, 0.15) is 17.2 Å². The van der Waals surface area contributed by atoms with Crippen molar-refractivity contribution in [3.8, 4) is 11.1 Å². The summed E-state index contributed by atoms with van der Waals surface area (Å²) in [5.41, 5.74) is -1.44. The second-order valence-corrected chi connectivity index (χ2v) is 9.22. The molecule has 0 radical (unpaired) electrons. The monoisotopic (exact) mass is 562 g/mol. The highest BCUT2D eigenvalue weighted by atomic mass is 35.5. The van der Waals surface area contributed by atoms with Gasteiger partial charge >= 0.3 is 6.18 Å². The Morgan fingerprint density at radius 1 is 1.21 bits per heavy atom. The minimum Gasteiger partial charge on any atom is -0.366 e. The van der Waals surface area contributed by atoms with Crippen LogP contribution >= 0.6 is 11.6 Å². The minimum absolute atomic E-state index is 0.0139. The molecule has 39 heavy (non-hydrogen) atoms. The molecule has 5 rings (SSSR count). The third-order valence-electron chi connectivity index (χ3n) is 6.52. The molecule has 0 saturated carbocycles. The number of aliphatic hydroxyl groups is 1. The van der Waals surface area contributed by atoms with Crippen molar-refractivity contribution in [1.29, 1.82) is 0 Å². The largest absolute Gasteiger partial charge is 0.416 e. The van der Waals surface area contributed by atoms with E-state index in [1.165, 1.54) is 23.9 Å². The van der Waals surface area contributed by atoms with Gasteiger partial charge in [0.15, 0.2) is 5.72 Å². The normalized spacial score (nSPS) is 16.9. The quantitative estimate of drug-likeness (QED) is 0.308. The smallest absolute Gasteiger partial charge is 0.366 e. The number of aryl methyl sites for hydroxylation is 1. The number of nitrogens with two attached hydrogens (primary N) is 1. The van der Waals surface area contributed by atoms with Gasteiger partial charge in [-0.1, -0.05) is 18.2 Å². The van der Waals surface area contributed by atoms with Crippen LogP contribution in [0.4, 0.5) is 22.0 Å². The van der Waals surface area contributed by atoms with Crippen molar-refractivity contribution < 1.29 is 36.6 Å². The molecule has 13 heteroatoms. The molecule has 4 N–H and O–H groups in total. The fraction of sp³-hybridized carbons (Fsp3) is 0.115. The molecule has 4 aromatic rings. The maximum atomic E-state index is 15.6. The molecule has 200 valence electrons. The Morgan fingerprint density at radius 3 is 2.51 bits per heavy atom. The van der Waals surface area contributed by atoms with E-state index in [0.29, 0.717) is 11.8 Å². The van der Waals surface area contributed by atoms with Crippen molar-refractivity contribution in [3.05, 3.63) is 93.1 Å². The number of carbonyl (C=O) groups excluding carboxylic acids is 2. The molecule has 7 nitrogen and oxygen atoms in total. The summed E-state index contributed by atoms with van der Waals surface area (Å²) in [5.74, 6) is -4.71. The van der Waals surface area contributed by atoms with Crippen molar-refractivity contribution in [2.24, 2.45) is 12.8 Å². The second kappa shape index (κ2) is 8.61. The Balaban J connectivity index is 2.00. The van der Waals surface area contributed by atoms with Crippen LogP contribution in [-0.4, -0.2) is 26.7 Å². The lowest BCUT2D eigenvalue weighted by atomic mass is 9.83. The summed E-state index contributed by atoms with van der Waals surface area (Å²) in [6.45, 7) is 3.69. The molecule has 1 aliphatic heterocycles. The van der Waals surface area contributed by atoms with Gasteiger partial charge in [0.25, 0.3) is 5.91 Å². The summed E-state index contributed by atoms with van der Waals surface area (Å²) in [6.07, 6.45) is -3.66. The first-order valence-corrected chi connectivity index (χ1v) is 11.4. The highest BCUT2D eigenvalue weighted by Crippen LogP contribution is 2.48. The van der Waals surface area contributed by atoms with Gasteiger partial charge in [0.05, 0.1) is 22.4 Å². The molecule has 0 saturated heterocycles. The molecular formula is C26H16ClF5N4O3. The van der Waals surface area contributed by atoms with Crippen molar-refractivity contribution in [2.45, 2.75) is 11.9 Å². The third-order valence-corrected chi connectivity index (χ3v) is 6.85. The number of alkyl halides is 3. The van der Waals surface area contributed by atoms with Gasteiger partial charge < -0.3 is 16.2 Å². The molecule has 1 aliphatic rings. The molecule has 1 unspecified atom stereocenters. The number of aromatic nitrogens is 2. The summed E-state index contributed by atoms with van der Waals surface area (Å²) in [4.78, 5) is 25.7. The summed E-state index contributed by atoms with van der Waals surface area (Å²) in [7, 11) is 1.51. The first-order valence-electron chi connectivity index (χ1n) is 11.1. The first kappa shape index (κ1) is 26.3. The summed E-state index contributed by atoms with van der Waals surface area (Å²) in [5, 5.41) is 18.5. The van der Waals surface area contributed by atoms with Gasteiger partial charge in [-0.3, -0.25) is 14.3 Å². The number of carbonyl (C=O) groups is 2. The van der Waals surface area contributed by atoms with E-state index < -0.39 is 57.6 Å². The van der Waals surface area contributed by atoms with Crippen molar-refractivity contribution in [3.63, 3.8) is 0 Å². The Kier molecular flexibility index (Phi) is 5.81. The summed E-state index contributed by atoms with van der Waals surface area (Å²) < 4.78 is 71.6. The number of fused-ring (bicyclic) bond motifs is 3. The lowest BCUT2D eigenvalue weighted by Gasteiger charge is -2.28. The maximum Gasteiger partial charge on any atom is 0.416 e. The van der Waals surface area contributed by atoms with Crippen LogP contribution in [-0.2, 0) is 18.9 Å². The number of nitrogens with zero attached hydrogens (tertiary/aromatic N) is 2. The Bertz CT molecular complexity index is 1770. The van der Waals surface area contributed by atoms with Crippen molar-refractivity contribution >= 4 is 40.4 Å². The second-order valence-electron chi connectivity index (χ2n) is 8.81. The van der Waals surface area contributed by atoms with Crippen LogP contribution in [0.5, 0.6) is 0 Å². The van der Waals surface area contributed by atoms with E-state index in [1.54, 1.807) is 0 Å². The maximum absolute atomic E-state index is 15.6. The predicted octanol–water partition coefficient (Wildman–Crippen LogP) is 4.87. The van der Waals surface area contributed by atoms with Crippen LogP contribution in [0.2, 0.25) is 5.02 Å². The molecule has 0 aliphatic carbocycles. The highest BCUT2D eigenvalue weighted by molar-refractivity contribution is 6.31. The Hall–Kier alpha value is -4.29. The van der Waals surface area contributed by atoms with Crippen LogP contribution in [0, 0.1) is 11.6 Å². The van der Waals surface area contributed by atoms with Gasteiger partial charge in [-0.15, -0.1) is 0 Å². The number of hydrogen-bond acceptors (Lipinski definition) is 4. The van der Waals surface area contributed by atoms with E-state index >= 15 is 4.39 Å². The number of primary amides is 1. The average molecular weight is 563 g/mol. The van der Waals surface area contributed by atoms with Crippen molar-refractivity contribution in [2.75, 3.05) is 0 Å². The Morgan fingerprint density at radius 2 is 1.90 bits per heavy atom. The summed E-state index contributed by atoms with van der Waals surface area (Å²) >= 11 is 6.25. The molecule has 0 bridgehead atoms. The van der Waals surface area contributed by atoms with E-state index in [4.69, 9.17) is 17.3 Å². The highest BCUT2D eigenvalue weighted by Gasteiger charge is 2.49. The number of rotatable bonds is 4. The average Bonchev–Trinajstić information content (AvgIpc) is 3.31. The molecule has 1 aromatic heterocycles. The number of nitrogens with one attached hydrogen (secondary N) is 1. The zero-order valence-corrected chi connectivity index (χ0v) is 20.5. The molecule has 3 aromatic carbocycles. The standard InChI is InChI=1S/C26H16ClF5N4O3/c1-3-18-12-9-13(19-14(23(33)37)6-10(7-17(19)29)26(30,31)32)21-20(22(12)35-36(18)2)24(38)34-25(21,39)15-8-11(28)4-5-16(15)27/h3-9,39H,1H2,2H3,(H2,33,37)(H,34,38). The third kappa shape index (κ3) is 3.86. The topological polar surface area (TPSA) is 110 Å². The first-order chi connectivity index (χ1) is 18.2. The van der Waals surface area contributed by atoms with E-state index in [2.05, 4.69) is 17.0 Å². The zero-order chi connectivity index (χ0) is 28.6. The number of halogens is 6. The van der Waals surface area contributed by atoms with Crippen LogP contribution in [0.3, 0.4) is 0 Å². The molecule has 1 atom stereocenters. The predicted molar refractivity (Wildman–Crippen MR) is 132 cm³/mol. The van der Waals surface area contributed by atoms with Crippen LogP contribution in [0.25, 0.3) is 28.1 Å². The van der Waals surface area contributed by atoms with Gasteiger partial charge in [-0.2, -0.15) is 18.3 Å². The van der Waals surface area contributed by atoms with Crippen LogP contribution in [0.15, 0.2) is 43.0 Å². The number of benzene rings is 3. The minimum atomic E-state index is -5.03. The van der Waals surface area contributed by atoms with Crippen LogP contribution < -0.4 is 11.1 Å². The fourth-order valence-corrected chi connectivity index (χ4v) is 5.14. The van der Waals surface area contributed by atoms with Gasteiger partial charge in [-0.05, 0) is 48.0 Å². The van der Waals surface area contributed by atoms with Gasteiger partial charge in [-0.25, -0.2) is 8.78 Å². The number of amides is 2. The lowest BCUT2D eigenvalue weighted by Crippen LogP contribution is -2.41. The Labute approximate surface area is 221 Å². The van der Waals surface area contributed by atoms with E-state index in [-0.39, 0.29) is 38.7 Å². The number of hydrogen-bond donors (Lipinski definition) is 3. The van der Waals surface area contributed by atoms with E-state index in [1.807, 2.05) is 0 Å². The molecular weight excluding hydrogens is 547 g/mol. The molecule has 0 fully saturated rings. The molecule has 2 amide bonds. The van der Waals surface area contributed by atoms with Crippen molar-refractivity contribution in [1.82, 2.24) is 15.1 Å². The van der Waals surface area contributed by atoms with Gasteiger partial charge in [0.2, 0.25) is 5.91 Å². The SMILES string of the molecule is C=Cc1c2cc(-c3c(F)cc(C(F)(F)F)cc3C(N)=O)c3c(c2nn1C)C(=O)NC3(O)c1cc(F)ccc1Cl. The van der Waals surface area contributed by atoms with Gasteiger partial charge in [0, 0.05) is 34.1 Å². The van der Waals surface area contributed by atoms with E-state index in [0.717, 1.165) is 18.2 Å². The molecule has 2 heterocycles. The molecule has 0 spiro atoms. The fourth-order valence-electron chi connectivity index (χ4n) is 4.89. The zero-order valence-electron chi connectivity index (χ0n) is 19.8. The summed E-state index contributed by atoms with van der Waals surface area (Å²) in [6, 6.07) is 4.69. The van der Waals surface area contributed by atoms with E-state index in [9.17, 15) is 32.3 Å².